The summed E-state index contributed by atoms with van der Waals surface area (Å²) in [5.41, 5.74) is 1.53. The first-order valence-electron chi connectivity index (χ1n) is 7.03. The summed E-state index contributed by atoms with van der Waals surface area (Å²) in [4.78, 5) is 21.4. The zero-order valence-electron chi connectivity index (χ0n) is 12.5. The number of nitrogens with one attached hydrogen (secondary N) is 1. The van der Waals surface area contributed by atoms with Crippen LogP contribution in [0.25, 0.3) is 10.9 Å². The van der Waals surface area contributed by atoms with Crippen LogP contribution in [0.4, 0.5) is 5.69 Å². The van der Waals surface area contributed by atoms with Crippen LogP contribution in [-0.2, 0) is 4.79 Å². The van der Waals surface area contributed by atoms with E-state index in [1.807, 2.05) is 54.8 Å². The number of para-hydroxylation sites is 1. The molecule has 0 aliphatic rings. The highest BCUT2D eigenvalue weighted by molar-refractivity contribution is 7.98. The number of hydrogen-bond donors (Lipinski definition) is 1. The summed E-state index contributed by atoms with van der Waals surface area (Å²) in [6, 6.07) is 15.2. The van der Waals surface area contributed by atoms with Crippen LogP contribution in [0.1, 0.15) is 0 Å². The van der Waals surface area contributed by atoms with E-state index in [0.717, 1.165) is 21.5 Å². The number of carbonyl (C=O) groups is 1. The topological polar surface area (TPSA) is 64.1 Å². The molecule has 1 amide bonds. The number of amides is 1. The van der Waals surface area contributed by atoms with Crippen molar-refractivity contribution < 1.29 is 9.53 Å². The van der Waals surface area contributed by atoms with E-state index in [0.29, 0.717) is 5.88 Å². The van der Waals surface area contributed by atoms with Crippen molar-refractivity contribution >= 4 is 34.3 Å². The van der Waals surface area contributed by atoms with E-state index < -0.39 is 0 Å². The van der Waals surface area contributed by atoms with E-state index >= 15 is 0 Å². The fourth-order valence-corrected chi connectivity index (χ4v) is 2.59. The van der Waals surface area contributed by atoms with Crippen LogP contribution >= 0.6 is 11.8 Å². The van der Waals surface area contributed by atoms with E-state index in [1.54, 1.807) is 11.8 Å². The van der Waals surface area contributed by atoms with Gasteiger partial charge in [-0.25, -0.2) is 9.97 Å². The Morgan fingerprint density at radius 2 is 2.04 bits per heavy atom. The maximum absolute atomic E-state index is 12.0. The van der Waals surface area contributed by atoms with Crippen molar-refractivity contribution in [3.8, 4) is 5.88 Å². The number of benzene rings is 2. The third-order valence-corrected chi connectivity index (χ3v) is 3.93. The number of fused-ring (bicyclic) bond motifs is 1. The molecule has 3 rings (SSSR count). The molecule has 0 unspecified atom stereocenters. The first kappa shape index (κ1) is 15.3. The van der Waals surface area contributed by atoms with Crippen LogP contribution < -0.4 is 10.1 Å². The van der Waals surface area contributed by atoms with E-state index in [-0.39, 0.29) is 12.5 Å². The first-order valence-corrected chi connectivity index (χ1v) is 8.25. The molecule has 3 aromatic rings. The Morgan fingerprint density at radius 3 is 2.91 bits per heavy atom. The second-order valence-corrected chi connectivity index (χ2v) is 5.64. The highest BCUT2D eigenvalue weighted by Gasteiger charge is 2.08. The van der Waals surface area contributed by atoms with E-state index in [1.165, 1.54) is 6.33 Å². The molecule has 0 radical (unpaired) electrons. The Labute approximate surface area is 138 Å². The monoisotopic (exact) mass is 325 g/mol. The lowest BCUT2D eigenvalue weighted by molar-refractivity contribution is -0.118. The Kier molecular flexibility index (Phi) is 4.73. The lowest BCUT2D eigenvalue weighted by Gasteiger charge is -2.09. The molecular weight excluding hydrogens is 310 g/mol. The van der Waals surface area contributed by atoms with Crippen molar-refractivity contribution in [3.05, 3.63) is 54.9 Å². The third kappa shape index (κ3) is 3.78. The molecule has 116 valence electrons. The SMILES string of the molecule is CSc1cccc(NC(=O)COc2ncnc3ccccc23)c1. The zero-order chi connectivity index (χ0) is 16.1. The number of hydrogen-bond acceptors (Lipinski definition) is 5. The fourth-order valence-electron chi connectivity index (χ4n) is 2.13. The van der Waals surface area contributed by atoms with Crippen LogP contribution in [0.2, 0.25) is 0 Å². The van der Waals surface area contributed by atoms with Gasteiger partial charge in [0, 0.05) is 10.6 Å². The molecule has 2 aromatic carbocycles. The molecule has 1 N–H and O–H groups in total. The number of nitrogens with zero attached hydrogens (tertiary/aromatic N) is 2. The summed E-state index contributed by atoms with van der Waals surface area (Å²) < 4.78 is 5.54. The Morgan fingerprint density at radius 1 is 1.17 bits per heavy atom. The molecule has 0 saturated heterocycles. The average Bonchev–Trinajstić information content (AvgIpc) is 2.60. The second kappa shape index (κ2) is 7.11. The number of rotatable bonds is 5. The average molecular weight is 325 g/mol. The molecule has 0 aliphatic carbocycles. The molecule has 23 heavy (non-hydrogen) atoms. The minimum absolute atomic E-state index is 0.107. The minimum atomic E-state index is -0.231. The highest BCUT2D eigenvalue weighted by Crippen LogP contribution is 2.21. The van der Waals surface area contributed by atoms with Crippen molar-refractivity contribution in [1.82, 2.24) is 9.97 Å². The van der Waals surface area contributed by atoms with Gasteiger partial charge >= 0.3 is 0 Å². The summed E-state index contributed by atoms with van der Waals surface area (Å²) in [7, 11) is 0. The zero-order valence-corrected chi connectivity index (χ0v) is 13.3. The minimum Gasteiger partial charge on any atom is -0.467 e. The lowest BCUT2D eigenvalue weighted by Crippen LogP contribution is -2.20. The van der Waals surface area contributed by atoms with Crippen molar-refractivity contribution in [2.45, 2.75) is 4.90 Å². The normalized spacial score (nSPS) is 10.5. The van der Waals surface area contributed by atoms with Crippen LogP contribution in [0.5, 0.6) is 5.88 Å². The molecule has 0 bridgehead atoms. The second-order valence-electron chi connectivity index (χ2n) is 4.76. The largest absolute Gasteiger partial charge is 0.467 e. The lowest BCUT2D eigenvalue weighted by atomic mass is 10.2. The van der Waals surface area contributed by atoms with Gasteiger partial charge in [0.1, 0.15) is 6.33 Å². The van der Waals surface area contributed by atoms with Gasteiger partial charge in [0.05, 0.1) is 10.9 Å². The van der Waals surface area contributed by atoms with Gasteiger partial charge in [0.2, 0.25) is 5.88 Å². The van der Waals surface area contributed by atoms with Gasteiger partial charge in [0.25, 0.3) is 5.91 Å². The van der Waals surface area contributed by atoms with Crippen molar-refractivity contribution in [2.75, 3.05) is 18.2 Å². The van der Waals surface area contributed by atoms with Gasteiger partial charge in [-0.3, -0.25) is 4.79 Å². The number of ether oxygens (including phenoxy) is 1. The van der Waals surface area contributed by atoms with Gasteiger partial charge in [-0.2, -0.15) is 0 Å². The fraction of sp³-hybridized carbons (Fsp3) is 0.118. The molecule has 6 heteroatoms. The maximum atomic E-state index is 12.0. The van der Waals surface area contributed by atoms with Gasteiger partial charge < -0.3 is 10.1 Å². The van der Waals surface area contributed by atoms with Crippen LogP contribution in [-0.4, -0.2) is 28.7 Å². The molecule has 0 aliphatic heterocycles. The van der Waals surface area contributed by atoms with Gasteiger partial charge in [-0.05, 0) is 36.6 Å². The first-order chi connectivity index (χ1) is 11.3. The van der Waals surface area contributed by atoms with Crippen molar-refractivity contribution in [2.24, 2.45) is 0 Å². The molecular formula is C17H15N3O2S. The molecule has 0 atom stereocenters. The Balaban J connectivity index is 1.66. The predicted molar refractivity (Wildman–Crippen MR) is 91.9 cm³/mol. The van der Waals surface area contributed by atoms with Crippen LogP contribution in [0.3, 0.4) is 0 Å². The van der Waals surface area contributed by atoms with E-state index in [4.69, 9.17) is 4.74 Å². The summed E-state index contributed by atoms with van der Waals surface area (Å²) in [5.74, 6) is 0.176. The number of anilines is 1. The molecule has 0 spiro atoms. The van der Waals surface area contributed by atoms with E-state index in [2.05, 4.69) is 15.3 Å². The molecule has 1 aromatic heterocycles. The van der Waals surface area contributed by atoms with Crippen molar-refractivity contribution in [1.29, 1.82) is 0 Å². The number of carbonyl (C=O) groups excluding carboxylic acids is 1. The van der Waals surface area contributed by atoms with Gasteiger partial charge in [-0.15, -0.1) is 11.8 Å². The Hall–Kier alpha value is -2.60. The summed E-state index contributed by atoms with van der Waals surface area (Å²) in [6.45, 7) is -0.107. The number of thioether (sulfide) groups is 1. The smallest absolute Gasteiger partial charge is 0.262 e. The third-order valence-electron chi connectivity index (χ3n) is 3.20. The molecule has 1 heterocycles. The van der Waals surface area contributed by atoms with Crippen LogP contribution in [0, 0.1) is 0 Å². The molecule has 5 nitrogen and oxygen atoms in total. The highest BCUT2D eigenvalue weighted by atomic mass is 32.2. The maximum Gasteiger partial charge on any atom is 0.262 e. The van der Waals surface area contributed by atoms with Gasteiger partial charge in [0.15, 0.2) is 6.61 Å². The molecule has 0 fully saturated rings. The van der Waals surface area contributed by atoms with Gasteiger partial charge in [-0.1, -0.05) is 18.2 Å². The number of aromatic nitrogens is 2. The van der Waals surface area contributed by atoms with Crippen LogP contribution in [0.15, 0.2) is 59.8 Å². The summed E-state index contributed by atoms with van der Waals surface area (Å²) >= 11 is 1.62. The standard InChI is InChI=1S/C17H15N3O2S/c1-23-13-6-4-5-12(9-13)20-16(21)10-22-17-14-7-2-3-8-15(14)18-11-19-17/h2-9,11H,10H2,1H3,(H,20,21). The van der Waals surface area contributed by atoms with E-state index in [9.17, 15) is 4.79 Å². The summed E-state index contributed by atoms with van der Waals surface area (Å²) in [5, 5.41) is 3.60. The molecule has 0 saturated carbocycles. The van der Waals surface area contributed by atoms with Crippen molar-refractivity contribution in [3.63, 3.8) is 0 Å². The quantitative estimate of drug-likeness (QED) is 0.729. The predicted octanol–water partition coefficient (Wildman–Crippen LogP) is 3.37. The summed E-state index contributed by atoms with van der Waals surface area (Å²) in [6.07, 6.45) is 3.42. The Bertz CT molecular complexity index is 833.